The Bertz CT molecular complexity index is 393. The Hall–Kier alpha value is -1.35. The average Bonchev–Trinajstić information content (AvgIpc) is 2.24. The first-order chi connectivity index (χ1) is 8.29. The molecule has 0 aromatic heterocycles. The number of hydrogen-bond donors (Lipinski definition) is 1. The lowest BCUT2D eigenvalue weighted by atomic mass is 10.1. The third kappa shape index (κ3) is 2.87. The Morgan fingerprint density at radius 3 is 3.08 bits per heavy atom. The van der Waals surface area contributed by atoms with Gasteiger partial charge in [-0.05, 0) is 12.0 Å². The Labute approximate surface area is 84.6 Å². The van der Waals surface area contributed by atoms with Crippen LogP contribution in [0.25, 0.3) is 0 Å². The molecular weight excluding hydrogens is 166 g/mol. The van der Waals surface area contributed by atoms with Crippen LogP contribution in [0.4, 0.5) is 0 Å². The largest absolute Gasteiger partial charge is 0.468 e. The maximum absolute atomic E-state index is 11.5. The zero-order valence-corrected chi connectivity index (χ0v) is 6.93. The first-order valence-electron chi connectivity index (χ1n) is 6.23. The molecule has 1 rings (SSSR count). The second kappa shape index (κ2) is 4.62. The molecule has 0 unspecified atom stereocenters. The number of esters is 1. The van der Waals surface area contributed by atoms with Crippen LogP contribution in [0.5, 0.6) is 0 Å². The van der Waals surface area contributed by atoms with Crippen molar-refractivity contribution in [1.82, 2.24) is 0 Å². The lowest BCUT2D eigenvalue weighted by molar-refractivity contribution is -0.142. The van der Waals surface area contributed by atoms with Crippen LogP contribution in [0.3, 0.4) is 0 Å². The van der Waals surface area contributed by atoms with Crippen molar-refractivity contribution in [2.45, 2.75) is 12.5 Å². The summed E-state index contributed by atoms with van der Waals surface area (Å²) in [6, 6.07) is 7.46. The molecule has 0 bridgehead atoms. The van der Waals surface area contributed by atoms with E-state index in [2.05, 4.69) is 4.74 Å². The van der Waals surface area contributed by atoms with Crippen molar-refractivity contribution in [3.8, 4) is 0 Å². The number of nitrogens with two attached hydrogens (primary N) is 1. The van der Waals surface area contributed by atoms with Crippen molar-refractivity contribution in [2.75, 3.05) is 7.04 Å². The van der Waals surface area contributed by atoms with Crippen molar-refractivity contribution in [1.29, 1.82) is 0 Å². The molecule has 1 aromatic rings. The predicted molar refractivity (Wildman–Crippen MR) is 50.1 cm³/mol. The molecule has 0 fully saturated rings. The van der Waals surface area contributed by atoms with Crippen molar-refractivity contribution in [3.05, 3.63) is 35.9 Å². The molecule has 0 aliphatic rings. The maximum atomic E-state index is 11.5. The van der Waals surface area contributed by atoms with E-state index in [0.29, 0.717) is 0 Å². The summed E-state index contributed by atoms with van der Waals surface area (Å²) in [5, 5.41) is 0. The average molecular weight is 184 g/mol. The summed E-state index contributed by atoms with van der Waals surface area (Å²) in [4.78, 5) is 11.5. The third-order valence-electron chi connectivity index (χ3n) is 1.64. The number of carbonyl (C=O) groups excluding carboxylic acids is 1. The fraction of sp³-hybridized carbons (Fsp3) is 0.300. The number of benzene rings is 1. The first kappa shape index (κ1) is 4.77. The van der Waals surface area contributed by atoms with E-state index in [9.17, 15) is 4.79 Å². The highest BCUT2D eigenvalue weighted by Crippen LogP contribution is 2.02. The zero-order chi connectivity index (χ0) is 13.8. The van der Waals surface area contributed by atoms with E-state index in [1.807, 2.05) is 0 Å². The maximum Gasteiger partial charge on any atom is 0.322 e. The zero-order valence-electron chi connectivity index (χ0n) is 11.9. The van der Waals surface area contributed by atoms with Crippen molar-refractivity contribution in [3.63, 3.8) is 0 Å². The van der Waals surface area contributed by atoms with Gasteiger partial charge in [-0.15, -0.1) is 0 Å². The van der Waals surface area contributed by atoms with E-state index < -0.39 is 19.0 Å². The van der Waals surface area contributed by atoms with Gasteiger partial charge < -0.3 is 10.5 Å². The topological polar surface area (TPSA) is 52.3 Å². The van der Waals surface area contributed by atoms with Gasteiger partial charge in [0, 0.05) is 0 Å². The van der Waals surface area contributed by atoms with Crippen LogP contribution in [0.2, 0.25) is 2.82 Å². The van der Waals surface area contributed by atoms with Gasteiger partial charge >= 0.3 is 5.97 Å². The quantitative estimate of drug-likeness (QED) is 0.702. The number of methoxy groups -OCH3 is 1. The fourth-order valence-electron chi connectivity index (χ4n) is 0.989. The van der Waals surface area contributed by atoms with Crippen LogP contribution >= 0.6 is 0 Å². The predicted octanol–water partition coefficient (Wildman–Crippen LogP) is 0.729. The molecule has 2 N–H and O–H groups in total. The highest BCUT2D eigenvalue weighted by Gasteiger charge is 2.13. The van der Waals surface area contributed by atoms with Gasteiger partial charge in [0.05, 0.1) is 11.2 Å². The standard InChI is InChI=1S/C10H13NO2/c1-13-10(12)9(11)7-8-5-3-2-4-6-8/h2-6,9H,7,11H2,1H3/t9-/m0/s1/i1D3/hD2. The van der Waals surface area contributed by atoms with Gasteiger partial charge in [-0.25, -0.2) is 0 Å². The molecule has 70 valence electrons. The molecule has 0 saturated heterocycles. The smallest absolute Gasteiger partial charge is 0.322 e. The number of ether oxygens (including phenoxy) is 1. The Kier molecular flexibility index (Phi) is 1.69. The summed E-state index contributed by atoms with van der Waals surface area (Å²) >= 11 is 0. The number of carbonyl (C=O) groups is 1. The van der Waals surface area contributed by atoms with E-state index in [0.717, 1.165) is 5.56 Å². The molecule has 0 aliphatic carbocycles. The minimum absolute atomic E-state index is 0.0444. The van der Waals surface area contributed by atoms with Crippen molar-refractivity contribution < 1.29 is 16.5 Å². The van der Waals surface area contributed by atoms with Gasteiger partial charge in [-0.3, -0.25) is 4.79 Å². The highest BCUT2D eigenvalue weighted by atomic mass is 16.5. The number of hydrogen-bond acceptors (Lipinski definition) is 3. The first-order valence-corrected chi connectivity index (χ1v) is 3.83. The Morgan fingerprint density at radius 1 is 1.69 bits per heavy atom. The lowest BCUT2D eigenvalue weighted by Crippen LogP contribution is -2.33. The third-order valence-corrected chi connectivity index (χ3v) is 1.64. The van der Waals surface area contributed by atoms with Gasteiger partial charge in [0.1, 0.15) is 8.87 Å². The molecule has 1 atom stereocenters. The molecule has 0 amide bonds. The summed E-state index contributed by atoms with van der Waals surface area (Å²) in [5.74, 6) is -1.11. The van der Waals surface area contributed by atoms with Crippen LogP contribution in [0.15, 0.2) is 30.3 Å². The summed E-state index contributed by atoms with van der Waals surface area (Å²) in [6.45, 7) is 0. The van der Waals surface area contributed by atoms with Gasteiger partial charge in [-0.2, -0.15) is 0 Å². The lowest BCUT2D eigenvalue weighted by Gasteiger charge is -2.08. The molecule has 3 heteroatoms. The summed E-state index contributed by atoms with van der Waals surface area (Å²) < 4.78 is 39.0. The van der Waals surface area contributed by atoms with E-state index in [1.54, 1.807) is 30.3 Å². The normalized spacial score (nSPS) is 19.0. The molecular formula is C10H13NO2. The van der Waals surface area contributed by atoms with E-state index in [-0.39, 0.29) is 12.1 Å². The molecule has 0 heterocycles. The van der Waals surface area contributed by atoms with Crippen LogP contribution < -0.4 is 5.72 Å². The van der Waals surface area contributed by atoms with Crippen LogP contribution in [-0.2, 0) is 16.0 Å². The van der Waals surface area contributed by atoms with E-state index in [4.69, 9.17) is 6.94 Å². The summed E-state index contributed by atoms with van der Waals surface area (Å²) in [7, 11) is -2.86. The molecule has 13 heavy (non-hydrogen) atoms. The van der Waals surface area contributed by atoms with Crippen LogP contribution in [-0.4, -0.2) is 19.0 Å². The minimum atomic E-state index is -2.86. The van der Waals surface area contributed by atoms with E-state index in [1.165, 1.54) is 0 Å². The molecule has 0 saturated carbocycles. The Balaban J connectivity index is 2.75. The van der Waals surface area contributed by atoms with Crippen LogP contribution in [0, 0.1) is 0 Å². The van der Waals surface area contributed by atoms with Gasteiger partial charge in [0.25, 0.3) is 0 Å². The molecule has 0 aliphatic heterocycles. The second-order valence-corrected chi connectivity index (χ2v) is 2.63. The summed E-state index contributed by atoms with van der Waals surface area (Å²) in [6.07, 6.45) is 0.0444. The van der Waals surface area contributed by atoms with Gasteiger partial charge in [-0.1, -0.05) is 30.3 Å². The highest BCUT2D eigenvalue weighted by molar-refractivity contribution is 5.75. The van der Waals surface area contributed by atoms with Gasteiger partial charge in [0.2, 0.25) is 0 Å². The monoisotopic (exact) mass is 184 g/mol. The Morgan fingerprint density at radius 2 is 2.46 bits per heavy atom. The minimum Gasteiger partial charge on any atom is -0.468 e. The van der Waals surface area contributed by atoms with E-state index >= 15 is 0 Å². The van der Waals surface area contributed by atoms with Crippen molar-refractivity contribution in [2.24, 2.45) is 5.72 Å². The molecule has 0 spiro atoms. The summed E-state index contributed by atoms with van der Waals surface area (Å²) in [5.41, 5.74) is 0.871. The molecule has 1 aromatic carbocycles. The fourth-order valence-corrected chi connectivity index (χ4v) is 0.989. The van der Waals surface area contributed by atoms with Gasteiger partial charge in [0.15, 0.2) is 0 Å². The second-order valence-electron chi connectivity index (χ2n) is 2.63. The number of rotatable bonds is 4. The molecule has 3 nitrogen and oxygen atoms in total. The SMILES string of the molecule is [2H]N([2H])[C@@H](Cc1ccccc1)C(=O)OC([2H])([2H])[2H]. The van der Waals surface area contributed by atoms with Crippen molar-refractivity contribution >= 4 is 5.97 Å². The van der Waals surface area contributed by atoms with Crippen LogP contribution in [0.1, 0.15) is 9.68 Å². The molecule has 0 radical (unpaired) electrons.